The third-order valence-corrected chi connectivity index (χ3v) is 9.97. The maximum Gasteiger partial charge on any atom is 0.253 e. The highest BCUT2D eigenvalue weighted by molar-refractivity contribution is 5.89. The summed E-state index contributed by atoms with van der Waals surface area (Å²) in [7, 11) is 1.78. The molecule has 2 saturated carbocycles. The van der Waals surface area contributed by atoms with Crippen LogP contribution >= 0.6 is 0 Å². The van der Waals surface area contributed by atoms with Crippen LogP contribution in [0.2, 0.25) is 0 Å². The molecule has 278 valence electrons. The third kappa shape index (κ3) is 7.66. The van der Waals surface area contributed by atoms with E-state index in [-0.39, 0.29) is 25.5 Å². The van der Waals surface area contributed by atoms with Crippen molar-refractivity contribution in [2.24, 2.45) is 28.7 Å². The van der Waals surface area contributed by atoms with Crippen molar-refractivity contribution in [3.8, 4) is 0 Å². The Morgan fingerprint density at radius 1 is 0.833 bits per heavy atom. The summed E-state index contributed by atoms with van der Waals surface area (Å²) in [6, 6.07) is -4.48. The Labute approximate surface area is 277 Å². The number of carbonyl (C=O) groups excluding carboxylic acids is 1. The molecule has 3 heterocycles. The summed E-state index contributed by atoms with van der Waals surface area (Å²) in [6.45, 7) is -0.291. The van der Waals surface area contributed by atoms with Crippen LogP contribution in [0.1, 0.15) is 25.7 Å². The average Bonchev–Trinajstić information content (AvgIpc) is 3.58. The zero-order valence-electron chi connectivity index (χ0n) is 26.8. The molecule has 1 amide bonds. The maximum absolute atomic E-state index is 12.8. The summed E-state index contributed by atoms with van der Waals surface area (Å²) in [5.74, 6) is -0.783. The number of nitrogens with two attached hydrogens (primary N) is 5. The topological polar surface area (TPSA) is 348 Å². The number of carbonyl (C=O) groups is 1. The molecule has 3 aliphatic heterocycles. The lowest BCUT2D eigenvalue weighted by Crippen LogP contribution is -2.67. The van der Waals surface area contributed by atoms with Gasteiger partial charge in [-0.1, -0.05) is 0 Å². The van der Waals surface area contributed by atoms with Gasteiger partial charge in [0, 0.05) is 31.6 Å². The van der Waals surface area contributed by atoms with Gasteiger partial charge in [0.15, 0.2) is 24.5 Å². The van der Waals surface area contributed by atoms with Crippen molar-refractivity contribution in [3.63, 3.8) is 0 Å². The molecule has 48 heavy (non-hydrogen) atoms. The van der Waals surface area contributed by atoms with Gasteiger partial charge in [0.05, 0.1) is 30.8 Å². The van der Waals surface area contributed by atoms with E-state index in [9.17, 15) is 35.4 Å². The van der Waals surface area contributed by atoms with Crippen LogP contribution in [-0.4, -0.2) is 179 Å². The molecule has 20 heteroatoms. The quantitative estimate of drug-likeness (QED) is 0.0901. The second-order valence-electron chi connectivity index (χ2n) is 13.5. The van der Waals surface area contributed by atoms with Crippen LogP contribution in [0.5, 0.6) is 0 Å². The first-order chi connectivity index (χ1) is 22.7. The van der Waals surface area contributed by atoms with Crippen molar-refractivity contribution in [3.05, 3.63) is 0 Å². The number of hydrogen-bond donors (Lipinski definition) is 13. The van der Waals surface area contributed by atoms with Gasteiger partial charge in [-0.25, -0.2) is 0 Å². The van der Waals surface area contributed by atoms with Gasteiger partial charge in [0.2, 0.25) is 0 Å². The molecule has 5 fully saturated rings. The maximum atomic E-state index is 12.8. The Kier molecular flexibility index (Phi) is 12.3. The third-order valence-electron chi connectivity index (χ3n) is 9.97. The first-order valence-corrected chi connectivity index (χ1v) is 16.4. The Hall–Kier alpha value is -1.25. The number of ether oxygens (including phenoxy) is 6. The van der Waals surface area contributed by atoms with E-state index >= 15 is 0 Å². The van der Waals surface area contributed by atoms with Crippen molar-refractivity contribution in [2.75, 3.05) is 26.7 Å². The van der Waals surface area contributed by atoms with Gasteiger partial charge in [-0.3, -0.25) is 4.79 Å². The van der Waals surface area contributed by atoms with Gasteiger partial charge in [0.25, 0.3) is 5.91 Å². The van der Waals surface area contributed by atoms with Crippen LogP contribution in [-0.2, 0) is 33.2 Å². The molecule has 0 aromatic rings. The number of hydrogen-bond acceptors (Lipinski definition) is 19. The standard InChI is InChI=1S/C28H53N7O13/c1-34-7-9-2-3-10(30)24(43-9)46-21-11(31)4-12(35-27(41)28(42)5-15(28)32)17(37)23(21)48-26-20(40)22(14(8-36)45-26)47-25-16(33)19(39)18(38)13(6-29)44-25/h9-26,34,36-40,42H,2-8,29-33H2,1H3,(H,35,41)/t9-,10+,11-,12+,13-,14+,15?,16+,17-,18+,19+,20+,21+,22+,23+,24+,25+,26-,28?/m0/s1. The van der Waals surface area contributed by atoms with Crippen LogP contribution in [0.4, 0.5) is 0 Å². The minimum absolute atomic E-state index is 0.00285. The lowest BCUT2D eigenvalue weighted by atomic mass is 9.83. The van der Waals surface area contributed by atoms with Crippen molar-refractivity contribution in [1.29, 1.82) is 0 Å². The van der Waals surface area contributed by atoms with E-state index in [2.05, 4.69) is 10.6 Å². The lowest BCUT2D eigenvalue weighted by Gasteiger charge is -2.46. The molecule has 2 aliphatic carbocycles. The molecule has 2 unspecified atom stereocenters. The smallest absolute Gasteiger partial charge is 0.253 e. The Bertz CT molecular complexity index is 1090. The van der Waals surface area contributed by atoms with Gasteiger partial charge >= 0.3 is 0 Å². The Morgan fingerprint density at radius 2 is 1.48 bits per heavy atom. The van der Waals surface area contributed by atoms with Gasteiger partial charge in [0.1, 0.15) is 54.9 Å². The zero-order chi connectivity index (χ0) is 35.1. The second-order valence-corrected chi connectivity index (χ2v) is 13.5. The van der Waals surface area contributed by atoms with E-state index in [1.165, 1.54) is 0 Å². The first-order valence-electron chi connectivity index (χ1n) is 16.4. The van der Waals surface area contributed by atoms with E-state index in [0.29, 0.717) is 19.4 Å². The van der Waals surface area contributed by atoms with Crippen LogP contribution < -0.4 is 39.3 Å². The largest absolute Gasteiger partial charge is 0.394 e. The van der Waals surface area contributed by atoms with E-state index in [4.69, 9.17) is 57.1 Å². The predicted molar refractivity (Wildman–Crippen MR) is 162 cm³/mol. The van der Waals surface area contributed by atoms with Crippen LogP contribution in [0.25, 0.3) is 0 Å². The summed E-state index contributed by atoms with van der Waals surface area (Å²) in [5.41, 5.74) is 28.5. The summed E-state index contributed by atoms with van der Waals surface area (Å²) < 4.78 is 35.8. The summed E-state index contributed by atoms with van der Waals surface area (Å²) in [6.07, 6.45) is -14.8. The highest BCUT2D eigenvalue weighted by atomic mass is 16.8. The zero-order valence-corrected chi connectivity index (χ0v) is 26.8. The Morgan fingerprint density at radius 3 is 2.10 bits per heavy atom. The van der Waals surface area contributed by atoms with Crippen molar-refractivity contribution in [2.45, 2.75) is 141 Å². The van der Waals surface area contributed by atoms with Gasteiger partial charge in [-0.15, -0.1) is 0 Å². The van der Waals surface area contributed by atoms with Gasteiger partial charge in [-0.05, 0) is 26.3 Å². The SMILES string of the molecule is CNC[C@@H]1CC[C@@H](N)[C@@H](O[C@H]2[C@H](O[C@@H]3O[C@H](CO)[C@@H](O[C@H]4O[C@@H](CN)[C@@H](O)[C@H](O)[C@H]4N)[C@H]3O)[C@@H](O)[C@H](NC(=O)C3(O)CC3N)C[C@@H]2N)O1. The number of amides is 1. The lowest BCUT2D eigenvalue weighted by molar-refractivity contribution is -0.289. The predicted octanol–water partition coefficient (Wildman–Crippen LogP) is -7.96. The number of nitrogens with one attached hydrogen (secondary N) is 2. The monoisotopic (exact) mass is 695 g/mol. The molecule has 19 atom stereocenters. The fraction of sp³-hybridized carbons (Fsp3) is 0.964. The first kappa shape index (κ1) is 38.0. The van der Waals surface area contributed by atoms with E-state index < -0.39 is 122 Å². The van der Waals surface area contributed by atoms with Gasteiger partial charge in [-0.2, -0.15) is 0 Å². The normalized spacial score (nSPS) is 51.1. The molecule has 5 rings (SSSR count). The fourth-order valence-corrected chi connectivity index (χ4v) is 6.80. The van der Waals surface area contributed by atoms with Gasteiger partial charge < -0.3 is 98.4 Å². The minimum Gasteiger partial charge on any atom is -0.394 e. The minimum atomic E-state index is -1.78. The molecule has 20 nitrogen and oxygen atoms in total. The van der Waals surface area contributed by atoms with E-state index in [1.54, 1.807) is 7.05 Å². The highest BCUT2D eigenvalue weighted by Crippen LogP contribution is 2.37. The van der Waals surface area contributed by atoms with Crippen molar-refractivity contribution in [1.82, 2.24) is 10.6 Å². The number of likely N-dealkylation sites (N-methyl/N-ethyl adjacent to an activating group) is 1. The average molecular weight is 696 g/mol. The molecule has 0 aromatic heterocycles. The van der Waals surface area contributed by atoms with Crippen LogP contribution in [0.15, 0.2) is 0 Å². The number of aliphatic hydroxyl groups excluding tert-OH is 5. The molecule has 0 spiro atoms. The molecule has 5 aliphatic rings. The molecular formula is C28H53N7O13. The van der Waals surface area contributed by atoms with Crippen molar-refractivity contribution >= 4 is 5.91 Å². The fourth-order valence-electron chi connectivity index (χ4n) is 6.80. The Balaban J connectivity index is 1.34. The molecule has 0 radical (unpaired) electrons. The molecule has 0 aromatic carbocycles. The van der Waals surface area contributed by atoms with Crippen molar-refractivity contribution < 1.29 is 63.9 Å². The molecule has 3 saturated heterocycles. The number of rotatable bonds is 12. The molecule has 0 bridgehead atoms. The van der Waals surface area contributed by atoms with E-state index in [1.807, 2.05) is 0 Å². The molecule has 18 N–H and O–H groups in total. The number of aliphatic hydroxyl groups is 6. The van der Waals surface area contributed by atoms with E-state index in [0.717, 1.165) is 0 Å². The van der Waals surface area contributed by atoms with Crippen LogP contribution in [0, 0.1) is 0 Å². The summed E-state index contributed by atoms with van der Waals surface area (Å²) >= 11 is 0. The summed E-state index contributed by atoms with van der Waals surface area (Å²) in [5, 5.41) is 69.8. The molecular weight excluding hydrogens is 642 g/mol. The highest BCUT2D eigenvalue weighted by Gasteiger charge is 2.59. The van der Waals surface area contributed by atoms with Crippen LogP contribution in [0.3, 0.4) is 0 Å². The summed E-state index contributed by atoms with van der Waals surface area (Å²) in [4.78, 5) is 12.8. The second kappa shape index (κ2) is 15.6.